The van der Waals surface area contributed by atoms with Crippen molar-refractivity contribution in [3.63, 3.8) is 0 Å². The molecule has 110 valence electrons. The molecule has 3 rings (SSSR count). The highest BCUT2D eigenvalue weighted by molar-refractivity contribution is 6.42. The second-order valence-electron chi connectivity index (χ2n) is 4.89. The minimum absolute atomic E-state index is 0.0801. The largest absolute Gasteiger partial charge is 0.476 e. The predicted molar refractivity (Wildman–Crippen MR) is 77.7 cm³/mol. The number of hydrogen-bond acceptors (Lipinski definition) is 4. The Morgan fingerprint density at radius 3 is 2.95 bits per heavy atom. The van der Waals surface area contributed by atoms with E-state index in [-0.39, 0.29) is 5.69 Å². The van der Waals surface area contributed by atoms with Crippen LogP contribution in [0.3, 0.4) is 0 Å². The van der Waals surface area contributed by atoms with Gasteiger partial charge in [0.05, 0.1) is 16.6 Å². The molecule has 2 aromatic rings. The summed E-state index contributed by atoms with van der Waals surface area (Å²) in [6.07, 6.45) is 2.01. The number of nitrogens with zero attached hydrogens (tertiary/aromatic N) is 2. The fourth-order valence-electron chi connectivity index (χ4n) is 2.43. The summed E-state index contributed by atoms with van der Waals surface area (Å²) in [5.41, 5.74) is 2.13. The number of aromatic nitrogens is 1. The number of aromatic carboxylic acids is 1. The third-order valence-corrected chi connectivity index (χ3v) is 4.35. The highest BCUT2D eigenvalue weighted by Gasteiger charge is 2.22. The van der Waals surface area contributed by atoms with Gasteiger partial charge in [0, 0.05) is 13.1 Å². The van der Waals surface area contributed by atoms with Crippen molar-refractivity contribution in [1.82, 2.24) is 9.88 Å². The van der Waals surface area contributed by atoms with Crippen LogP contribution in [-0.2, 0) is 19.5 Å². The molecule has 1 aromatic carbocycles. The Bertz CT molecular complexity index is 700. The van der Waals surface area contributed by atoms with E-state index < -0.39 is 5.97 Å². The van der Waals surface area contributed by atoms with Crippen LogP contribution in [-0.4, -0.2) is 27.5 Å². The van der Waals surface area contributed by atoms with Crippen LogP contribution in [0.2, 0.25) is 10.0 Å². The Hall–Kier alpha value is -1.56. The summed E-state index contributed by atoms with van der Waals surface area (Å²) >= 11 is 12.3. The van der Waals surface area contributed by atoms with Crippen LogP contribution in [0.1, 0.15) is 27.5 Å². The normalized spacial score (nSPS) is 15.0. The van der Waals surface area contributed by atoms with Crippen molar-refractivity contribution in [1.29, 1.82) is 0 Å². The van der Waals surface area contributed by atoms with Crippen LogP contribution in [0.5, 0.6) is 0 Å². The second-order valence-corrected chi connectivity index (χ2v) is 5.68. The van der Waals surface area contributed by atoms with Crippen LogP contribution >= 0.6 is 23.2 Å². The van der Waals surface area contributed by atoms with Crippen molar-refractivity contribution < 1.29 is 14.3 Å². The van der Waals surface area contributed by atoms with Crippen LogP contribution in [0.25, 0.3) is 0 Å². The van der Waals surface area contributed by atoms with Crippen LogP contribution in [0, 0.1) is 0 Å². The molecular weight excluding hydrogens is 315 g/mol. The number of carboxylic acid groups (broad SMARTS) is 1. The molecule has 7 heteroatoms. The molecule has 0 bridgehead atoms. The Morgan fingerprint density at radius 2 is 2.24 bits per heavy atom. The first-order chi connectivity index (χ1) is 10.0. The molecule has 1 aliphatic heterocycles. The van der Waals surface area contributed by atoms with Gasteiger partial charge in [-0.1, -0.05) is 29.3 Å². The van der Waals surface area contributed by atoms with E-state index >= 15 is 0 Å². The quantitative estimate of drug-likeness (QED) is 0.937. The summed E-state index contributed by atoms with van der Waals surface area (Å²) in [7, 11) is 0. The summed E-state index contributed by atoms with van der Waals surface area (Å²) < 4.78 is 5.18. The maximum atomic E-state index is 10.8. The SMILES string of the molecule is O=C(O)c1coc(CN2CCc3ccc(Cl)c(Cl)c3C2)n1. The third kappa shape index (κ3) is 2.90. The highest BCUT2D eigenvalue weighted by atomic mass is 35.5. The monoisotopic (exact) mass is 326 g/mol. The molecule has 0 saturated carbocycles. The molecule has 0 unspecified atom stereocenters. The zero-order chi connectivity index (χ0) is 15.0. The van der Waals surface area contributed by atoms with Crippen LogP contribution < -0.4 is 0 Å². The lowest BCUT2D eigenvalue weighted by atomic mass is 10.00. The van der Waals surface area contributed by atoms with E-state index in [2.05, 4.69) is 9.88 Å². The third-order valence-electron chi connectivity index (χ3n) is 3.50. The smallest absolute Gasteiger partial charge is 0.357 e. The van der Waals surface area contributed by atoms with Crippen molar-refractivity contribution in [3.05, 3.63) is 51.2 Å². The number of carbonyl (C=O) groups is 1. The van der Waals surface area contributed by atoms with Gasteiger partial charge in [-0.2, -0.15) is 0 Å². The molecule has 0 saturated heterocycles. The zero-order valence-corrected chi connectivity index (χ0v) is 12.5. The van der Waals surface area contributed by atoms with Gasteiger partial charge < -0.3 is 9.52 Å². The van der Waals surface area contributed by atoms with Gasteiger partial charge in [-0.25, -0.2) is 9.78 Å². The Morgan fingerprint density at radius 1 is 1.43 bits per heavy atom. The standard InChI is InChI=1S/C14H12Cl2N2O3/c15-10-2-1-8-3-4-18(5-9(8)13(10)16)6-12-17-11(7-21-12)14(19)20/h1-2,7H,3-6H2,(H,19,20). The van der Waals surface area contributed by atoms with E-state index in [4.69, 9.17) is 32.7 Å². The summed E-state index contributed by atoms with van der Waals surface area (Å²) in [5.74, 6) is -0.710. The van der Waals surface area contributed by atoms with Gasteiger partial charge in [0.25, 0.3) is 0 Å². The van der Waals surface area contributed by atoms with Gasteiger partial charge in [0.2, 0.25) is 5.89 Å². The first-order valence-corrected chi connectivity index (χ1v) is 7.16. The zero-order valence-electron chi connectivity index (χ0n) is 11.0. The number of hydrogen-bond donors (Lipinski definition) is 1. The summed E-state index contributed by atoms with van der Waals surface area (Å²) in [6.45, 7) is 1.91. The average molecular weight is 327 g/mol. The number of oxazole rings is 1. The van der Waals surface area contributed by atoms with Gasteiger partial charge >= 0.3 is 5.97 Å². The fourth-order valence-corrected chi connectivity index (χ4v) is 2.85. The Labute approximate surface area is 131 Å². The van der Waals surface area contributed by atoms with Crippen molar-refractivity contribution >= 4 is 29.2 Å². The second kappa shape index (κ2) is 5.67. The molecular formula is C14H12Cl2N2O3. The minimum Gasteiger partial charge on any atom is -0.476 e. The predicted octanol–water partition coefficient (Wildman–Crippen LogP) is 3.24. The van der Waals surface area contributed by atoms with Crippen molar-refractivity contribution in [3.8, 4) is 0 Å². The lowest BCUT2D eigenvalue weighted by Gasteiger charge is -2.28. The van der Waals surface area contributed by atoms with Gasteiger partial charge in [0.15, 0.2) is 5.69 Å². The van der Waals surface area contributed by atoms with Crippen molar-refractivity contribution in [2.75, 3.05) is 6.54 Å². The van der Waals surface area contributed by atoms with Gasteiger partial charge in [-0.15, -0.1) is 0 Å². The van der Waals surface area contributed by atoms with E-state index in [9.17, 15) is 4.79 Å². The topological polar surface area (TPSA) is 66.6 Å². The molecule has 0 radical (unpaired) electrons. The minimum atomic E-state index is -1.09. The highest BCUT2D eigenvalue weighted by Crippen LogP contribution is 2.32. The molecule has 0 atom stereocenters. The van der Waals surface area contributed by atoms with E-state index in [0.29, 0.717) is 29.0 Å². The first kappa shape index (κ1) is 14.4. The van der Waals surface area contributed by atoms with Crippen molar-refractivity contribution in [2.24, 2.45) is 0 Å². The van der Waals surface area contributed by atoms with Crippen molar-refractivity contribution in [2.45, 2.75) is 19.5 Å². The van der Waals surface area contributed by atoms with Gasteiger partial charge in [0.1, 0.15) is 6.26 Å². The molecule has 1 aliphatic rings. The molecule has 1 aromatic heterocycles. The van der Waals surface area contributed by atoms with E-state index in [1.54, 1.807) is 0 Å². The van der Waals surface area contributed by atoms with E-state index in [1.807, 2.05) is 12.1 Å². The van der Waals surface area contributed by atoms with Crippen LogP contribution in [0.15, 0.2) is 22.8 Å². The summed E-state index contributed by atoms with van der Waals surface area (Å²) in [4.78, 5) is 16.8. The van der Waals surface area contributed by atoms with Crippen LogP contribution in [0.4, 0.5) is 0 Å². The van der Waals surface area contributed by atoms with Gasteiger partial charge in [-0.3, -0.25) is 4.90 Å². The maximum absolute atomic E-state index is 10.8. The van der Waals surface area contributed by atoms with Gasteiger partial charge in [-0.05, 0) is 23.6 Å². The first-order valence-electron chi connectivity index (χ1n) is 6.40. The molecule has 1 N–H and O–H groups in total. The molecule has 0 fully saturated rings. The Kier molecular flexibility index (Phi) is 3.89. The lowest BCUT2D eigenvalue weighted by Crippen LogP contribution is -2.30. The maximum Gasteiger partial charge on any atom is 0.357 e. The molecule has 0 aliphatic carbocycles. The molecule has 2 heterocycles. The average Bonchev–Trinajstić information content (AvgIpc) is 2.92. The summed E-state index contributed by atoms with van der Waals surface area (Å²) in [5, 5.41) is 9.96. The molecule has 0 amide bonds. The number of carboxylic acids is 1. The number of benzene rings is 1. The fraction of sp³-hybridized carbons (Fsp3) is 0.286. The number of fused-ring (bicyclic) bond motifs is 1. The Balaban J connectivity index is 1.76. The number of halogens is 2. The molecule has 5 nitrogen and oxygen atoms in total. The number of rotatable bonds is 3. The van der Waals surface area contributed by atoms with E-state index in [0.717, 1.165) is 24.8 Å². The molecule has 0 spiro atoms. The molecule has 21 heavy (non-hydrogen) atoms. The lowest BCUT2D eigenvalue weighted by molar-refractivity contribution is 0.0690. The van der Waals surface area contributed by atoms with E-state index in [1.165, 1.54) is 5.56 Å². The summed E-state index contributed by atoms with van der Waals surface area (Å²) in [6, 6.07) is 3.81.